The minimum atomic E-state index is -0.868. The fraction of sp³-hybridized carbons (Fsp3) is 0.500. The molecule has 0 aliphatic heterocycles. The van der Waals surface area contributed by atoms with Crippen LogP contribution in [0, 0.1) is 5.92 Å². The first-order chi connectivity index (χ1) is 5.54. The van der Waals surface area contributed by atoms with Gasteiger partial charge in [-0.25, -0.2) is 0 Å². The quantitative estimate of drug-likeness (QED) is 0.599. The molecule has 1 N–H and O–H groups in total. The van der Waals surface area contributed by atoms with Crippen LogP contribution in [0.3, 0.4) is 0 Å². The van der Waals surface area contributed by atoms with Crippen molar-refractivity contribution in [1.82, 2.24) is 0 Å². The van der Waals surface area contributed by atoms with Crippen molar-refractivity contribution in [3.8, 4) is 0 Å². The summed E-state index contributed by atoms with van der Waals surface area (Å²) in [6.07, 6.45) is 1.73. The highest BCUT2D eigenvalue weighted by Gasteiger charge is 2.30. The normalized spacial score (nSPS) is 29.9. The smallest absolute Gasteiger partial charge is 0.187 e. The molecule has 0 heterocycles. The molecule has 0 saturated carbocycles. The van der Waals surface area contributed by atoms with E-state index in [4.69, 9.17) is 0 Å². The summed E-state index contributed by atoms with van der Waals surface area (Å²) >= 11 is 0. The molecule has 0 spiro atoms. The average molecular weight is 166 g/mol. The van der Waals surface area contributed by atoms with Crippen LogP contribution in [0.5, 0.6) is 0 Å². The number of aliphatic hydroxyl groups excluding tert-OH is 1. The van der Waals surface area contributed by atoms with Crippen molar-refractivity contribution in [3.63, 3.8) is 0 Å². The summed E-state index contributed by atoms with van der Waals surface area (Å²) in [4.78, 5) is 11.3. The van der Waals surface area contributed by atoms with E-state index in [1.807, 2.05) is 13.0 Å². The molecular weight excluding hydrogens is 152 g/mol. The van der Waals surface area contributed by atoms with E-state index in [0.717, 1.165) is 12.0 Å². The van der Waals surface area contributed by atoms with E-state index in [9.17, 15) is 9.90 Å². The summed E-state index contributed by atoms with van der Waals surface area (Å²) in [5.41, 5.74) is 1.54. The highest BCUT2D eigenvalue weighted by atomic mass is 16.3. The highest BCUT2D eigenvalue weighted by molar-refractivity contribution is 5.99. The number of hydrogen-bond acceptors (Lipinski definition) is 2. The Labute approximate surface area is 72.6 Å². The van der Waals surface area contributed by atoms with Gasteiger partial charge in [0, 0.05) is 5.92 Å². The summed E-state index contributed by atoms with van der Waals surface area (Å²) in [6.45, 7) is 7.33. The molecule has 2 heteroatoms. The van der Waals surface area contributed by atoms with E-state index in [1.165, 1.54) is 0 Å². The Hall–Kier alpha value is -0.890. The number of Topliss-reactive ketones (excluding diaryl/α,β-unsaturated/α-hetero) is 1. The van der Waals surface area contributed by atoms with Crippen LogP contribution >= 0.6 is 0 Å². The van der Waals surface area contributed by atoms with Crippen molar-refractivity contribution < 1.29 is 9.90 Å². The van der Waals surface area contributed by atoms with Crippen molar-refractivity contribution in [2.75, 3.05) is 0 Å². The van der Waals surface area contributed by atoms with Crippen molar-refractivity contribution in [1.29, 1.82) is 0 Å². The van der Waals surface area contributed by atoms with Gasteiger partial charge in [0.25, 0.3) is 0 Å². The first-order valence-corrected chi connectivity index (χ1v) is 4.08. The molecule has 0 aromatic rings. The van der Waals surface area contributed by atoms with E-state index in [0.29, 0.717) is 5.57 Å². The predicted octanol–water partition coefficient (Wildman–Crippen LogP) is 1.46. The lowest BCUT2D eigenvalue weighted by molar-refractivity contribution is -0.125. The van der Waals surface area contributed by atoms with Crippen LogP contribution in [0.1, 0.15) is 20.3 Å². The molecule has 0 aromatic heterocycles. The summed E-state index contributed by atoms with van der Waals surface area (Å²) in [5.74, 6) is -0.240. The minimum absolute atomic E-state index is 0.0822. The van der Waals surface area contributed by atoms with Crippen molar-refractivity contribution in [2.45, 2.75) is 26.4 Å². The van der Waals surface area contributed by atoms with Gasteiger partial charge >= 0.3 is 0 Å². The average Bonchev–Trinajstić information content (AvgIpc) is 2.00. The Morgan fingerprint density at radius 1 is 1.75 bits per heavy atom. The Morgan fingerprint density at radius 3 is 2.83 bits per heavy atom. The third-order valence-electron chi connectivity index (χ3n) is 2.35. The topological polar surface area (TPSA) is 37.3 Å². The van der Waals surface area contributed by atoms with Gasteiger partial charge in [-0.15, -0.1) is 0 Å². The van der Waals surface area contributed by atoms with Gasteiger partial charge in [0.15, 0.2) is 5.78 Å². The molecule has 66 valence electrons. The zero-order valence-corrected chi connectivity index (χ0v) is 7.50. The maximum absolute atomic E-state index is 11.3. The SMILES string of the molecule is C=C(C)C1CC=C(C)C(=O)C1O. The Morgan fingerprint density at radius 2 is 2.33 bits per heavy atom. The Balaban J connectivity index is 2.87. The second kappa shape index (κ2) is 3.23. The molecule has 0 saturated heterocycles. The van der Waals surface area contributed by atoms with Gasteiger partial charge in [-0.05, 0) is 25.8 Å². The zero-order valence-electron chi connectivity index (χ0n) is 7.50. The number of allylic oxidation sites excluding steroid dienone is 1. The molecule has 0 radical (unpaired) electrons. The number of ketones is 1. The van der Waals surface area contributed by atoms with Gasteiger partial charge in [-0.2, -0.15) is 0 Å². The summed E-state index contributed by atoms with van der Waals surface area (Å²) in [5, 5.41) is 9.53. The van der Waals surface area contributed by atoms with E-state index in [-0.39, 0.29) is 11.7 Å². The van der Waals surface area contributed by atoms with Gasteiger partial charge in [-0.3, -0.25) is 4.79 Å². The zero-order chi connectivity index (χ0) is 9.30. The number of carbonyl (C=O) groups is 1. The molecule has 2 nitrogen and oxygen atoms in total. The first kappa shape index (κ1) is 9.20. The van der Waals surface area contributed by atoms with Gasteiger partial charge < -0.3 is 5.11 Å². The summed E-state index contributed by atoms with van der Waals surface area (Å²) in [6, 6.07) is 0. The van der Waals surface area contributed by atoms with E-state index < -0.39 is 6.10 Å². The van der Waals surface area contributed by atoms with Crippen LogP contribution < -0.4 is 0 Å². The fourth-order valence-corrected chi connectivity index (χ4v) is 1.42. The Kier molecular flexibility index (Phi) is 2.48. The Bertz CT molecular complexity index is 251. The summed E-state index contributed by atoms with van der Waals surface area (Å²) < 4.78 is 0. The lowest BCUT2D eigenvalue weighted by Crippen LogP contribution is -2.33. The third kappa shape index (κ3) is 1.48. The number of hydrogen-bond donors (Lipinski definition) is 1. The molecule has 12 heavy (non-hydrogen) atoms. The third-order valence-corrected chi connectivity index (χ3v) is 2.35. The van der Waals surface area contributed by atoms with Crippen molar-refractivity contribution in [3.05, 3.63) is 23.8 Å². The van der Waals surface area contributed by atoms with Gasteiger partial charge in [-0.1, -0.05) is 18.2 Å². The number of carbonyl (C=O) groups excluding carboxylic acids is 1. The van der Waals surface area contributed by atoms with Crippen LogP contribution in [0.15, 0.2) is 23.8 Å². The molecule has 1 aliphatic rings. The van der Waals surface area contributed by atoms with Gasteiger partial charge in [0.05, 0.1) is 0 Å². The molecular formula is C10H14O2. The maximum atomic E-state index is 11.3. The largest absolute Gasteiger partial charge is 0.384 e. The molecule has 0 amide bonds. The lowest BCUT2D eigenvalue weighted by atomic mass is 9.83. The standard InChI is InChI=1S/C10H14O2/c1-6(2)8-5-4-7(3)9(11)10(8)12/h4,8,10,12H,1,5H2,2-3H3. The van der Waals surface area contributed by atoms with E-state index in [2.05, 4.69) is 6.58 Å². The van der Waals surface area contributed by atoms with Crippen molar-refractivity contribution in [2.24, 2.45) is 5.92 Å². The van der Waals surface area contributed by atoms with Crippen LogP contribution in [0.25, 0.3) is 0 Å². The van der Waals surface area contributed by atoms with Crippen LogP contribution in [-0.2, 0) is 4.79 Å². The predicted molar refractivity (Wildman–Crippen MR) is 47.7 cm³/mol. The first-order valence-electron chi connectivity index (χ1n) is 4.08. The van der Waals surface area contributed by atoms with E-state index >= 15 is 0 Å². The summed E-state index contributed by atoms with van der Waals surface area (Å²) in [7, 11) is 0. The van der Waals surface area contributed by atoms with Gasteiger partial charge in [0.1, 0.15) is 6.10 Å². The molecule has 2 unspecified atom stereocenters. The highest BCUT2D eigenvalue weighted by Crippen LogP contribution is 2.25. The van der Waals surface area contributed by atoms with Crippen LogP contribution in [-0.4, -0.2) is 17.0 Å². The van der Waals surface area contributed by atoms with Crippen LogP contribution in [0.4, 0.5) is 0 Å². The monoisotopic (exact) mass is 166 g/mol. The maximum Gasteiger partial charge on any atom is 0.187 e. The molecule has 0 aromatic carbocycles. The molecule has 2 atom stereocenters. The second-order valence-electron chi connectivity index (χ2n) is 3.38. The van der Waals surface area contributed by atoms with Gasteiger partial charge in [0.2, 0.25) is 0 Å². The molecule has 1 aliphatic carbocycles. The number of rotatable bonds is 1. The number of aliphatic hydroxyl groups is 1. The molecule has 0 bridgehead atoms. The van der Waals surface area contributed by atoms with Crippen molar-refractivity contribution >= 4 is 5.78 Å². The van der Waals surface area contributed by atoms with Crippen LogP contribution in [0.2, 0.25) is 0 Å². The lowest BCUT2D eigenvalue weighted by Gasteiger charge is -2.25. The van der Waals surface area contributed by atoms with E-state index in [1.54, 1.807) is 6.92 Å². The fourth-order valence-electron chi connectivity index (χ4n) is 1.42. The minimum Gasteiger partial charge on any atom is -0.384 e. The second-order valence-corrected chi connectivity index (χ2v) is 3.38. The molecule has 1 rings (SSSR count). The molecule has 0 fully saturated rings.